The summed E-state index contributed by atoms with van der Waals surface area (Å²) < 4.78 is 6.13. The van der Waals surface area contributed by atoms with Crippen LogP contribution in [0.4, 0.5) is 5.69 Å². The molecule has 0 saturated heterocycles. The molecule has 1 aromatic carbocycles. The molecule has 0 atom stereocenters. The molecule has 0 bridgehead atoms. The van der Waals surface area contributed by atoms with Crippen molar-refractivity contribution in [2.45, 2.75) is 13.5 Å². The molecule has 0 saturated carbocycles. The smallest absolute Gasteiger partial charge is 0.244 e. The van der Waals surface area contributed by atoms with E-state index >= 15 is 0 Å². The van der Waals surface area contributed by atoms with E-state index in [1.165, 1.54) is 18.1 Å². The van der Waals surface area contributed by atoms with Crippen molar-refractivity contribution < 1.29 is 14.0 Å². The molecule has 1 aromatic heterocycles. The number of carbonyl (C=O) groups excluding carboxylic acids is 2. The Morgan fingerprint density at radius 1 is 1.24 bits per heavy atom. The topological polar surface area (TPSA) is 62.6 Å². The summed E-state index contributed by atoms with van der Waals surface area (Å²) in [6, 6.07) is 10.7. The Morgan fingerprint density at radius 3 is 2.52 bits per heavy atom. The molecule has 0 radical (unpaired) electrons. The summed E-state index contributed by atoms with van der Waals surface area (Å²) in [5.41, 5.74) is 0.685. The highest BCUT2D eigenvalue weighted by Crippen LogP contribution is 2.14. The number of hydrogen-bond donors (Lipinski definition) is 1. The SMILES string of the molecule is CC(=O)N(CC(=O)Nc1ccc(Br)cc1)Cc1ccco1. The zero-order valence-electron chi connectivity index (χ0n) is 11.5. The summed E-state index contributed by atoms with van der Waals surface area (Å²) in [7, 11) is 0. The van der Waals surface area contributed by atoms with Crippen molar-refractivity contribution in [3.05, 3.63) is 52.9 Å². The number of halogens is 1. The van der Waals surface area contributed by atoms with Crippen molar-refractivity contribution in [3.8, 4) is 0 Å². The van der Waals surface area contributed by atoms with Crippen molar-refractivity contribution in [3.63, 3.8) is 0 Å². The van der Waals surface area contributed by atoms with Gasteiger partial charge in [0.2, 0.25) is 11.8 Å². The molecular weight excluding hydrogens is 336 g/mol. The maximum atomic E-state index is 12.0. The summed E-state index contributed by atoms with van der Waals surface area (Å²) in [5, 5.41) is 2.75. The van der Waals surface area contributed by atoms with Crippen LogP contribution in [0.3, 0.4) is 0 Å². The minimum atomic E-state index is -0.251. The highest BCUT2D eigenvalue weighted by atomic mass is 79.9. The van der Waals surface area contributed by atoms with Crippen molar-refractivity contribution in [1.82, 2.24) is 4.90 Å². The van der Waals surface area contributed by atoms with Crippen LogP contribution >= 0.6 is 15.9 Å². The molecule has 5 nitrogen and oxygen atoms in total. The Hall–Kier alpha value is -2.08. The highest BCUT2D eigenvalue weighted by Gasteiger charge is 2.15. The van der Waals surface area contributed by atoms with Gasteiger partial charge in [0.25, 0.3) is 0 Å². The van der Waals surface area contributed by atoms with Crippen LogP contribution in [0, 0.1) is 0 Å². The summed E-state index contributed by atoms with van der Waals surface area (Å²) in [6.07, 6.45) is 1.54. The van der Waals surface area contributed by atoms with Crippen LogP contribution in [0.1, 0.15) is 12.7 Å². The molecule has 21 heavy (non-hydrogen) atoms. The van der Waals surface area contributed by atoms with Crippen LogP contribution in [0.15, 0.2) is 51.6 Å². The zero-order valence-corrected chi connectivity index (χ0v) is 13.1. The number of nitrogens with one attached hydrogen (secondary N) is 1. The number of benzene rings is 1. The maximum absolute atomic E-state index is 12.0. The van der Waals surface area contributed by atoms with Gasteiger partial charge in [-0.3, -0.25) is 9.59 Å². The van der Waals surface area contributed by atoms with E-state index in [1.54, 1.807) is 24.3 Å². The predicted molar refractivity (Wildman–Crippen MR) is 82.6 cm³/mol. The molecule has 1 N–H and O–H groups in total. The number of furan rings is 1. The van der Waals surface area contributed by atoms with Gasteiger partial charge in [-0.15, -0.1) is 0 Å². The minimum absolute atomic E-state index is 0.0217. The first-order chi connectivity index (χ1) is 10.0. The minimum Gasteiger partial charge on any atom is -0.467 e. The Kier molecular flexibility index (Phi) is 5.16. The molecule has 2 amide bonds. The fourth-order valence-corrected chi connectivity index (χ4v) is 2.04. The predicted octanol–water partition coefficient (Wildman–Crippen LogP) is 3.03. The Balaban J connectivity index is 1.95. The van der Waals surface area contributed by atoms with E-state index in [0.717, 1.165) is 4.47 Å². The van der Waals surface area contributed by atoms with Crippen LogP contribution in [0.2, 0.25) is 0 Å². The van der Waals surface area contributed by atoms with Crippen LogP contribution in [-0.4, -0.2) is 23.3 Å². The van der Waals surface area contributed by atoms with Crippen molar-refractivity contribution >= 4 is 33.4 Å². The molecule has 0 unspecified atom stereocenters. The van der Waals surface area contributed by atoms with Crippen LogP contribution in [-0.2, 0) is 16.1 Å². The lowest BCUT2D eigenvalue weighted by atomic mass is 10.3. The third-order valence-corrected chi connectivity index (χ3v) is 3.36. The van der Waals surface area contributed by atoms with Gasteiger partial charge in [-0.1, -0.05) is 15.9 Å². The third kappa shape index (κ3) is 4.75. The normalized spacial score (nSPS) is 10.2. The molecule has 0 spiro atoms. The van der Waals surface area contributed by atoms with E-state index < -0.39 is 0 Å². The average Bonchev–Trinajstić information content (AvgIpc) is 2.93. The molecule has 0 aliphatic rings. The zero-order chi connectivity index (χ0) is 15.2. The van der Waals surface area contributed by atoms with Gasteiger partial charge in [0.05, 0.1) is 12.8 Å². The summed E-state index contributed by atoms with van der Waals surface area (Å²) in [5.74, 6) is 0.207. The van der Waals surface area contributed by atoms with E-state index in [9.17, 15) is 9.59 Å². The van der Waals surface area contributed by atoms with Gasteiger partial charge in [0, 0.05) is 17.1 Å². The number of amides is 2. The van der Waals surface area contributed by atoms with Gasteiger partial charge < -0.3 is 14.6 Å². The maximum Gasteiger partial charge on any atom is 0.244 e. The summed E-state index contributed by atoms with van der Waals surface area (Å²) in [6.45, 7) is 1.68. The lowest BCUT2D eigenvalue weighted by Gasteiger charge is -2.19. The standard InChI is InChI=1S/C15H15BrN2O3/c1-11(19)18(9-14-3-2-8-21-14)10-15(20)17-13-6-4-12(16)5-7-13/h2-8H,9-10H2,1H3,(H,17,20). The second-order valence-electron chi connectivity index (χ2n) is 4.51. The number of rotatable bonds is 5. The Bertz CT molecular complexity index is 608. The first-order valence-corrected chi connectivity index (χ1v) is 7.17. The quantitative estimate of drug-likeness (QED) is 0.901. The molecule has 0 fully saturated rings. The second-order valence-corrected chi connectivity index (χ2v) is 5.43. The molecule has 2 aromatic rings. The van der Waals surface area contributed by atoms with Crippen molar-refractivity contribution in [2.24, 2.45) is 0 Å². The second kappa shape index (κ2) is 7.08. The van der Waals surface area contributed by atoms with Gasteiger partial charge in [-0.25, -0.2) is 0 Å². The van der Waals surface area contributed by atoms with Gasteiger partial charge >= 0.3 is 0 Å². The molecule has 0 aliphatic carbocycles. The molecule has 2 rings (SSSR count). The molecule has 6 heteroatoms. The fraction of sp³-hybridized carbons (Fsp3) is 0.200. The number of nitrogens with zero attached hydrogens (tertiary/aromatic N) is 1. The van der Waals surface area contributed by atoms with Gasteiger partial charge in [0.1, 0.15) is 12.3 Å². The Morgan fingerprint density at radius 2 is 1.95 bits per heavy atom. The molecular formula is C15H15BrN2O3. The monoisotopic (exact) mass is 350 g/mol. The fourth-order valence-electron chi connectivity index (χ4n) is 1.78. The summed E-state index contributed by atoms with van der Waals surface area (Å²) >= 11 is 3.33. The van der Waals surface area contributed by atoms with Gasteiger partial charge in [-0.2, -0.15) is 0 Å². The van der Waals surface area contributed by atoms with E-state index in [0.29, 0.717) is 11.4 Å². The van der Waals surface area contributed by atoms with Crippen molar-refractivity contribution in [2.75, 3.05) is 11.9 Å². The first kappa shape index (κ1) is 15.3. The van der Waals surface area contributed by atoms with Crippen LogP contribution in [0.25, 0.3) is 0 Å². The number of hydrogen-bond acceptors (Lipinski definition) is 3. The van der Waals surface area contributed by atoms with Crippen LogP contribution in [0.5, 0.6) is 0 Å². The third-order valence-electron chi connectivity index (χ3n) is 2.83. The van der Waals surface area contributed by atoms with E-state index in [-0.39, 0.29) is 24.9 Å². The largest absolute Gasteiger partial charge is 0.467 e. The molecule has 110 valence electrons. The van der Waals surface area contributed by atoms with E-state index in [4.69, 9.17) is 4.42 Å². The average molecular weight is 351 g/mol. The van der Waals surface area contributed by atoms with E-state index in [1.807, 2.05) is 12.1 Å². The first-order valence-electron chi connectivity index (χ1n) is 6.38. The van der Waals surface area contributed by atoms with Gasteiger partial charge in [0.15, 0.2) is 0 Å². The Labute approximate surface area is 131 Å². The summed E-state index contributed by atoms with van der Waals surface area (Å²) in [4.78, 5) is 25.0. The van der Waals surface area contributed by atoms with Gasteiger partial charge in [-0.05, 0) is 36.4 Å². The molecule has 0 aliphatic heterocycles. The van der Waals surface area contributed by atoms with Crippen LogP contribution < -0.4 is 5.32 Å². The highest BCUT2D eigenvalue weighted by molar-refractivity contribution is 9.10. The lowest BCUT2D eigenvalue weighted by Crippen LogP contribution is -2.36. The molecule has 1 heterocycles. The van der Waals surface area contributed by atoms with Crippen molar-refractivity contribution in [1.29, 1.82) is 0 Å². The van der Waals surface area contributed by atoms with E-state index in [2.05, 4.69) is 21.2 Å². The number of carbonyl (C=O) groups is 2. The number of anilines is 1. The lowest BCUT2D eigenvalue weighted by molar-refractivity contribution is -0.133.